The normalized spacial score (nSPS) is 23.1. The maximum Gasteiger partial charge on any atom is 0.234 e. The number of carbonyl (C=O) groups excluding carboxylic acids is 1. The second-order valence-corrected chi connectivity index (χ2v) is 4.04. The first kappa shape index (κ1) is 12.7. The van der Waals surface area contributed by atoms with Gasteiger partial charge in [-0.15, -0.1) is 0 Å². The van der Waals surface area contributed by atoms with E-state index in [9.17, 15) is 18.0 Å². The highest BCUT2D eigenvalue weighted by Gasteiger charge is 2.30. The SMILES string of the molecule is NC(=O)[C@@H]1C[C@H](Oc2c(F)cc(F)cc2F)CN1. The molecule has 1 aromatic rings. The first-order chi connectivity index (χ1) is 8.47. The summed E-state index contributed by atoms with van der Waals surface area (Å²) in [6, 6.07) is 0.486. The van der Waals surface area contributed by atoms with Crippen molar-refractivity contribution in [1.29, 1.82) is 0 Å². The predicted octanol–water partition coefficient (Wildman–Crippen LogP) is 0.698. The van der Waals surface area contributed by atoms with Crippen LogP contribution in [-0.4, -0.2) is 24.6 Å². The van der Waals surface area contributed by atoms with E-state index in [1.807, 2.05) is 0 Å². The lowest BCUT2D eigenvalue weighted by atomic mass is 10.2. The summed E-state index contributed by atoms with van der Waals surface area (Å²) in [6.07, 6.45) is -0.372. The molecule has 0 bridgehead atoms. The number of amides is 1. The molecule has 0 spiro atoms. The van der Waals surface area contributed by atoms with Gasteiger partial charge in [0.15, 0.2) is 17.4 Å². The monoisotopic (exact) mass is 260 g/mol. The predicted molar refractivity (Wildman–Crippen MR) is 56.3 cm³/mol. The van der Waals surface area contributed by atoms with Crippen LogP contribution in [0.2, 0.25) is 0 Å². The molecule has 1 saturated heterocycles. The lowest BCUT2D eigenvalue weighted by molar-refractivity contribution is -0.119. The molecule has 1 fully saturated rings. The first-order valence-corrected chi connectivity index (χ1v) is 5.31. The number of benzene rings is 1. The van der Waals surface area contributed by atoms with Gasteiger partial charge in [0.2, 0.25) is 5.91 Å². The van der Waals surface area contributed by atoms with Crippen LogP contribution < -0.4 is 15.8 Å². The molecule has 18 heavy (non-hydrogen) atoms. The first-order valence-electron chi connectivity index (χ1n) is 5.31. The highest BCUT2D eigenvalue weighted by Crippen LogP contribution is 2.25. The van der Waals surface area contributed by atoms with Crippen molar-refractivity contribution in [3.63, 3.8) is 0 Å². The summed E-state index contributed by atoms with van der Waals surface area (Å²) in [6.45, 7) is 0.240. The van der Waals surface area contributed by atoms with Crippen LogP contribution in [0.25, 0.3) is 0 Å². The minimum atomic E-state index is -1.12. The summed E-state index contributed by atoms with van der Waals surface area (Å²) in [5, 5.41) is 2.76. The molecule has 98 valence electrons. The molecule has 1 aliphatic rings. The summed E-state index contributed by atoms with van der Waals surface area (Å²) < 4.78 is 44.4. The van der Waals surface area contributed by atoms with Gasteiger partial charge >= 0.3 is 0 Å². The van der Waals surface area contributed by atoms with E-state index in [4.69, 9.17) is 10.5 Å². The largest absolute Gasteiger partial charge is 0.483 e. The molecule has 0 saturated carbocycles. The van der Waals surface area contributed by atoms with Crippen LogP contribution >= 0.6 is 0 Å². The number of hydrogen-bond donors (Lipinski definition) is 2. The molecule has 0 unspecified atom stereocenters. The zero-order chi connectivity index (χ0) is 13.3. The number of hydrogen-bond acceptors (Lipinski definition) is 3. The minimum Gasteiger partial charge on any atom is -0.483 e. The van der Waals surface area contributed by atoms with Crippen molar-refractivity contribution < 1.29 is 22.7 Å². The highest BCUT2D eigenvalue weighted by molar-refractivity contribution is 5.80. The average molecular weight is 260 g/mol. The maximum atomic E-state index is 13.3. The van der Waals surface area contributed by atoms with Crippen molar-refractivity contribution in [3.8, 4) is 5.75 Å². The highest BCUT2D eigenvalue weighted by atomic mass is 19.1. The third-order valence-corrected chi connectivity index (χ3v) is 2.68. The molecule has 1 aliphatic heterocycles. The van der Waals surface area contributed by atoms with Gasteiger partial charge in [-0.2, -0.15) is 0 Å². The Morgan fingerprint density at radius 1 is 1.33 bits per heavy atom. The number of halogens is 3. The lowest BCUT2D eigenvalue weighted by Gasteiger charge is -2.14. The van der Waals surface area contributed by atoms with E-state index >= 15 is 0 Å². The third-order valence-electron chi connectivity index (χ3n) is 2.68. The fourth-order valence-corrected chi connectivity index (χ4v) is 1.82. The Bertz CT molecular complexity index is 458. The van der Waals surface area contributed by atoms with Crippen LogP contribution in [0.15, 0.2) is 12.1 Å². The van der Waals surface area contributed by atoms with Gasteiger partial charge in [0, 0.05) is 25.1 Å². The van der Waals surface area contributed by atoms with Gasteiger partial charge in [-0.3, -0.25) is 4.79 Å². The van der Waals surface area contributed by atoms with Gasteiger partial charge in [0.1, 0.15) is 11.9 Å². The molecule has 7 heteroatoms. The van der Waals surface area contributed by atoms with Crippen LogP contribution in [0.3, 0.4) is 0 Å². The average Bonchev–Trinajstić information content (AvgIpc) is 2.71. The number of rotatable bonds is 3. The van der Waals surface area contributed by atoms with Crippen molar-refractivity contribution in [3.05, 3.63) is 29.6 Å². The number of nitrogens with two attached hydrogens (primary N) is 1. The Labute approximate surface area is 101 Å². The van der Waals surface area contributed by atoms with Crippen LogP contribution in [0.5, 0.6) is 5.75 Å². The Morgan fingerprint density at radius 3 is 2.44 bits per heavy atom. The van der Waals surface area contributed by atoms with E-state index in [1.54, 1.807) is 0 Å². The van der Waals surface area contributed by atoms with E-state index in [0.717, 1.165) is 0 Å². The van der Waals surface area contributed by atoms with Crippen LogP contribution in [-0.2, 0) is 4.79 Å². The van der Waals surface area contributed by atoms with Gasteiger partial charge in [-0.05, 0) is 0 Å². The zero-order valence-corrected chi connectivity index (χ0v) is 9.25. The van der Waals surface area contributed by atoms with Crippen LogP contribution in [0, 0.1) is 17.5 Å². The molecule has 2 rings (SSSR count). The topological polar surface area (TPSA) is 64.4 Å². The smallest absolute Gasteiger partial charge is 0.234 e. The van der Waals surface area contributed by atoms with Crippen molar-refractivity contribution in [2.24, 2.45) is 5.73 Å². The Morgan fingerprint density at radius 2 is 1.94 bits per heavy atom. The van der Waals surface area contributed by atoms with Crippen LogP contribution in [0.1, 0.15) is 6.42 Å². The molecule has 0 aromatic heterocycles. The fourth-order valence-electron chi connectivity index (χ4n) is 1.82. The number of primary amides is 1. The standard InChI is InChI=1S/C11H11F3N2O2/c12-5-1-7(13)10(8(14)2-5)18-6-3-9(11(15)17)16-4-6/h1-2,6,9,16H,3-4H2,(H2,15,17)/t6-,9-/m0/s1. The molecule has 0 aliphatic carbocycles. The van der Waals surface area contributed by atoms with Crippen molar-refractivity contribution in [1.82, 2.24) is 5.32 Å². The van der Waals surface area contributed by atoms with Gasteiger partial charge in [0.05, 0.1) is 6.04 Å². The molecule has 4 nitrogen and oxygen atoms in total. The Kier molecular flexibility index (Phi) is 3.42. The van der Waals surface area contributed by atoms with Crippen molar-refractivity contribution in [2.45, 2.75) is 18.6 Å². The summed E-state index contributed by atoms with van der Waals surface area (Å²) in [5.74, 6) is -4.45. The Hall–Kier alpha value is -1.76. The molecular weight excluding hydrogens is 249 g/mol. The van der Waals surface area contributed by atoms with Gasteiger partial charge < -0.3 is 15.8 Å². The van der Waals surface area contributed by atoms with E-state index in [2.05, 4.69) is 5.32 Å². The van der Waals surface area contributed by atoms with E-state index in [0.29, 0.717) is 12.1 Å². The minimum absolute atomic E-state index is 0.214. The summed E-state index contributed by atoms with van der Waals surface area (Å²) in [4.78, 5) is 10.9. The molecular formula is C11H11F3N2O2. The van der Waals surface area contributed by atoms with Gasteiger partial charge in [0.25, 0.3) is 0 Å². The number of carbonyl (C=O) groups is 1. The summed E-state index contributed by atoms with van der Waals surface area (Å²) in [7, 11) is 0. The summed E-state index contributed by atoms with van der Waals surface area (Å²) in [5.41, 5.74) is 5.08. The molecule has 0 radical (unpaired) electrons. The van der Waals surface area contributed by atoms with E-state index in [1.165, 1.54) is 0 Å². The van der Waals surface area contributed by atoms with E-state index in [-0.39, 0.29) is 13.0 Å². The van der Waals surface area contributed by atoms with E-state index < -0.39 is 41.3 Å². The molecule has 1 heterocycles. The molecule has 1 amide bonds. The lowest BCUT2D eigenvalue weighted by Crippen LogP contribution is -2.36. The van der Waals surface area contributed by atoms with Crippen molar-refractivity contribution in [2.75, 3.05) is 6.54 Å². The van der Waals surface area contributed by atoms with Crippen LogP contribution in [0.4, 0.5) is 13.2 Å². The molecule has 2 atom stereocenters. The maximum absolute atomic E-state index is 13.3. The fraction of sp³-hybridized carbons (Fsp3) is 0.364. The third kappa shape index (κ3) is 2.56. The van der Waals surface area contributed by atoms with Gasteiger partial charge in [-0.25, -0.2) is 13.2 Å². The van der Waals surface area contributed by atoms with Crippen molar-refractivity contribution >= 4 is 5.91 Å². The number of nitrogens with one attached hydrogen (secondary N) is 1. The molecule has 3 N–H and O–H groups in total. The molecule has 1 aromatic carbocycles. The Balaban J connectivity index is 2.09. The second kappa shape index (κ2) is 4.85. The quantitative estimate of drug-likeness (QED) is 0.840. The zero-order valence-electron chi connectivity index (χ0n) is 9.25. The van der Waals surface area contributed by atoms with Gasteiger partial charge in [-0.1, -0.05) is 0 Å². The summed E-state index contributed by atoms with van der Waals surface area (Å²) >= 11 is 0. The number of ether oxygens (including phenoxy) is 1. The second-order valence-electron chi connectivity index (χ2n) is 4.04.